The number of esters is 3. The first-order chi connectivity index (χ1) is 31.0. The van der Waals surface area contributed by atoms with Crippen LogP contribution in [-0.4, -0.2) is 37.2 Å². The molecule has 0 aromatic carbocycles. The number of allylic oxidation sites excluding steroid dienone is 18. The van der Waals surface area contributed by atoms with Crippen LogP contribution in [0.4, 0.5) is 0 Å². The Morgan fingerprint density at radius 1 is 0.349 bits per heavy atom. The van der Waals surface area contributed by atoms with Crippen LogP contribution in [0.5, 0.6) is 0 Å². The predicted molar refractivity (Wildman–Crippen MR) is 270 cm³/mol. The largest absolute Gasteiger partial charge is 0.462 e. The molecule has 0 saturated carbocycles. The molecule has 0 radical (unpaired) electrons. The van der Waals surface area contributed by atoms with E-state index in [0.29, 0.717) is 19.3 Å². The third-order valence-electron chi connectivity index (χ3n) is 10.4. The van der Waals surface area contributed by atoms with Gasteiger partial charge in [0.2, 0.25) is 0 Å². The van der Waals surface area contributed by atoms with Crippen molar-refractivity contribution in [2.24, 2.45) is 0 Å². The van der Waals surface area contributed by atoms with Crippen LogP contribution in [0.25, 0.3) is 0 Å². The van der Waals surface area contributed by atoms with Gasteiger partial charge in [-0.05, 0) is 89.9 Å². The molecule has 0 aliphatic rings. The molecule has 0 aliphatic carbocycles. The molecular weight excluding hydrogens is 781 g/mol. The Bertz CT molecular complexity index is 1330. The Labute approximate surface area is 387 Å². The molecule has 0 aliphatic heterocycles. The first-order valence-electron chi connectivity index (χ1n) is 25.5. The molecule has 0 bridgehead atoms. The highest BCUT2D eigenvalue weighted by Gasteiger charge is 2.19. The molecule has 1 atom stereocenters. The monoisotopic (exact) mass is 873 g/mol. The van der Waals surface area contributed by atoms with Gasteiger partial charge in [0.05, 0.1) is 0 Å². The third kappa shape index (κ3) is 49.0. The summed E-state index contributed by atoms with van der Waals surface area (Å²) >= 11 is 0. The Balaban J connectivity index is 4.50. The molecule has 356 valence electrons. The third-order valence-corrected chi connectivity index (χ3v) is 10.4. The zero-order valence-electron chi connectivity index (χ0n) is 40.5. The van der Waals surface area contributed by atoms with Crippen LogP contribution >= 0.6 is 0 Å². The molecule has 0 saturated heterocycles. The lowest BCUT2D eigenvalue weighted by molar-refractivity contribution is -0.167. The SMILES string of the molecule is CC\C=C/C=C\C=C/C=C\C=C/CCCCCC(=O)OC(COC(=O)CCCCCCC/C=C\C=C/CCCCCCCCC)COC(=O)CCCCCCC/C=C\C/C=C\CC. The summed E-state index contributed by atoms with van der Waals surface area (Å²) in [6, 6.07) is 0. The summed E-state index contributed by atoms with van der Waals surface area (Å²) in [4.78, 5) is 37.9. The van der Waals surface area contributed by atoms with Gasteiger partial charge in [0.25, 0.3) is 0 Å². The van der Waals surface area contributed by atoms with Crippen LogP contribution in [0.1, 0.15) is 213 Å². The predicted octanol–water partition coefficient (Wildman–Crippen LogP) is 16.8. The van der Waals surface area contributed by atoms with E-state index in [1.807, 2.05) is 48.6 Å². The average molecular weight is 873 g/mol. The maximum Gasteiger partial charge on any atom is 0.306 e. The fraction of sp³-hybridized carbons (Fsp3) is 0.632. The lowest BCUT2D eigenvalue weighted by atomic mass is 10.1. The summed E-state index contributed by atoms with van der Waals surface area (Å²) in [5.41, 5.74) is 0. The van der Waals surface area contributed by atoms with Gasteiger partial charge in [0.1, 0.15) is 13.2 Å². The van der Waals surface area contributed by atoms with Crippen molar-refractivity contribution in [1.82, 2.24) is 0 Å². The maximum atomic E-state index is 12.8. The van der Waals surface area contributed by atoms with E-state index in [2.05, 4.69) is 81.5 Å². The Kier molecular flexibility index (Phi) is 47.5. The van der Waals surface area contributed by atoms with Crippen molar-refractivity contribution in [3.05, 3.63) is 109 Å². The summed E-state index contributed by atoms with van der Waals surface area (Å²) in [7, 11) is 0. The standard InChI is InChI=1S/C57H92O6/c1-4-7-10-13-16-19-22-25-27-28-29-31-32-35-38-41-44-47-50-56(59)62-53-54(52-61-55(58)49-46-43-40-37-34-24-21-18-15-12-9-6-3)63-57(60)51-48-45-42-39-36-33-30-26-23-20-17-14-11-8-5-2/h8-9,11-12,14,17-18,20-21,23,26-31,33,36,54H,4-7,10,13,15-16,19,22,24-25,32,34-35,37-53H2,1-3H3/b11-8-,12-9-,17-14-,21-18-,23-20-,28-27-,30-26-,31-29-,36-33-. The van der Waals surface area contributed by atoms with E-state index in [9.17, 15) is 14.4 Å². The minimum atomic E-state index is -0.814. The minimum Gasteiger partial charge on any atom is -0.462 e. The molecule has 1 unspecified atom stereocenters. The van der Waals surface area contributed by atoms with Gasteiger partial charge in [-0.1, -0.05) is 214 Å². The topological polar surface area (TPSA) is 78.9 Å². The van der Waals surface area contributed by atoms with Gasteiger partial charge in [-0.25, -0.2) is 0 Å². The number of hydrogen-bond acceptors (Lipinski definition) is 6. The Morgan fingerprint density at radius 3 is 1.17 bits per heavy atom. The fourth-order valence-corrected chi connectivity index (χ4v) is 6.61. The molecule has 0 spiro atoms. The summed E-state index contributed by atoms with van der Waals surface area (Å²) < 4.78 is 16.7. The molecular formula is C57H92O6. The first kappa shape index (κ1) is 59.1. The van der Waals surface area contributed by atoms with Crippen molar-refractivity contribution in [3.8, 4) is 0 Å². The molecule has 6 heteroatoms. The lowest BCUT2D eigenvalue weighted by Gasteiger charge is -2.18. The van der Waals surface area contributed by atoms with E-state index in [4.69, 9.17) is 14.2 Å². The summed E-state index contributed by atoms with van der Waals surface area (Å²) in [6.45, 7) is 6.30. The number of hydrogen-bond donors (Lipinski definition) is 0. The van der Waals surface area contributed by atoms with Crippen LogP contribution in [0.3, 0.4) is 0 Å². The van der Waals surface area contributed by atoms with E-state index < -0.39 is 6.10 Å². The van der Waals surface area contributed by atoms with E-state index in [0.717, 1.165) is 116 Å². The van der Waals surface area contributed by atoms with E-state index in [-0.39, 0.29) is 37.5 Å². The van der Waals surface area contributed by atoms with Crippen LogP contribution in [-0.2, 0) is 28.6 Å². The normalized spacial score (nSPS) is 13.0. The smallest absolute Gasteiger partial charge is 0.306 e. The van der Waals surface area contributed by atoms with E-state index in [1.54, 1.807) is 0 Å². The molecule has 0 amide bonds. The highest BCUT2D eigenvalue weighted by atomic mass is 16.6. The lowest BCUT2D eigenvalue weighted by Crippen LogP contribution is -2.30. The van der Waals surface area contributed by atoms with Gasteiger partial charge < -0.3 is 14.2 Å². The van der Waals surface area contributed by atoms with Crippen molar-refractivity contribution in [2.45, 2.75) is 219 Å². The van der Waals surface area contributed by atoms with Gasteiger partial charge in [-0.15, -0.1) is 0 Å². The summed E-state index contributed by atoms with van der Waals surface area (Å²) in [6.07, 6.45) is 67.9. The summed E-state index contributed by atoms with van der Waals surface area (Å²) in [5, 5.41) is 0. The average Bonchev–Trinajstić information content (AvgIpc) is 3.28. The molecule has 0 N–H and O–H groups in total. The van der Waals surface area contributed by atoms with Crippen molar-refractivity contribution < 1.29 is 28.6 Å². The molecule has 63 heavy (non-hydrogen) atoms. The second kappa shape index (κ2) is 50.7. The van der Waals surface area contributed by atoms with E-state index >= 15 is 0 Å². The van der Waals surface area contributed by atoms with Gasteiger partial charge in [0, 0.05) is 19.3 Å². The van der Waals surface area contributed by atoms with Crippen molar-refractivity contribution in [2.75, 3.05) is 13.2 Å². The first-order valence-corrected chi connectivity index (χ1v) is 25.5. The number of carbonyl (C=O) groups is 3. The molecule has 0 aromatic rings. The van der Waals surface area contributed by atoms with Gasteiger partial charge in [-0.3, -0.25) is 14.4 Å². The molecule has 6 nitrogen and oxygen atoms in total. The molecule has 0 heterocycles. The van der Waals surface area contributed by atoms with Crippen LogP contribution < -0.4 is 0 Å². The maximum absolute atomic E-state index is 12.8. The van der Waals surface area contributed by atoms with Gasteiger partial charge in [0.15, 0.2) is 6.10 Å². The Hall–Kier alpha value is -3.93. The van der Waals surface area contributed by atoms with Gasteiger partial charge >= 0.3 is 17.9 Å². The van der Waals surface area contributed by atoms with Gasteiger partial charge in [-0.2, -0.15) is 0 Å². The second-order valence-electron chi connectivity index (χ2n) is 16.5. The van der Waals surface area contributed by atoms with Crippen molar-refractivity contribution in [3.63, 3.8) is 0 Å². The molecule has 0 rings (SSSR count). The van der Waals surface area contributed by atoms with E-state index in [1.165, 1.54) is 51.4 Å². The van der Waals surface area contributed by atoms with Crippen LogP contribution in [0.15, 0.2) is 109 Å². The number of rotatable bonds is 44. The fourth-order valence-electron chi connectivity index (χ4n) is 6.61. The molecule has 0 aromatic heterocycles. The van der Waals surface area contributed by atoms with Crippen LogP contribution in [0.2, 0.25) is 0 Å². The highest BCUT2D eigenvalue weighted by molar-refractivity contribution is 5.71. The summed E-state index contributed by atoms with van der Waals surface area (Å²) in [5.74, 6) is -0.988. The Morgan fingerprint density at radius 2 is 0.698 bits per heavy atom. The quantitative estimate of drug-likeness (QED) is 0.0199. The number of carbonyl (C=O) groups excluding carboxylic acids is 3. The second-order valence-corrected chi connectivity index (χ2v) is 16.5. The highest BCUT2D eigenvalue weighted by Crippen LogP contribution is 2.13. The van der Waals surface area contributed by atoms with Crippen molar-refractivity contribution in [1.29, 1.82) is 0 Å². The van der Waals surface area contributed by atoms with Crippen molar-refractivity contribution >= 4 is 17.9 Å². The number of ether oxygens (including phenoxy) is 3. The molecule has 0 fully saturated rings. The number of unbranched alkanes of at least 4 members (excludes halogenated alkanes) is 20. The van der Waals surface area contributed by atoms with Crippen LogP contribution in [0, 0.1) is 0 Å². The zero-order chi connectivity index (χ0) is 45.8. The zero-order valence-corrected chi connectivity index (χ0v) is 40.5. The minimum absolute atomic E-state index is 0.110.